The van der Waals surface area contributed by atoms with Gasteiger partial charge in [0, 0.05) is 18.3 Å². The zero-order chi connectivity index (χ0) is 13.3. The van der Waals surface area contributed by atoms with Crippen LogP contribution in [0.3, 0.4) is 0 Å². The SMILES string of the molecule is CCn1nccc1C(N)c1cc(F)c(Cl)cc1F. The van der Waals surface area contributed by atoms with Gasteiger partial charge in [0.25, 0.3) is 0 Å². The second-order valence-electron chi connectivity index (χ2n) is 3.84. The van der Waals surface area contributed by atoms with E-state index in [4.69, 9.17) is 17.3 Å². The van der Waals surface area contributed by atoms with Crippen molar-refractivity contribution in [3.8, 4) is 0 Å². The van der Waals surface area contributed by atoms with Crippen LogP contribution in [-0.4, -0.2) is 9.78 Å². The van der Waals surface area contributed by atoms with E-state index in [9.17, 15) is 8.78 Å². The molecule has 0 saturated carbocycles. The van der Waals surface area contributed by atoms with Crippen molar-refractivity contribution in [3.63, 3.8) is 0 Å². The van der Waals surface area contributed by atoms with E-state index in [0.717, 1.165) is 12.1 Å². The molecule has 1 aromatic heterocycles. The molecular formula is C12H12ClF2N3. The molecule has 0 amide bonds. The van der Waals surface area contributed by atoms with Gasteiger partial charge in [-0.15, -0.1) is 0 Å². The van der Waals surface area contributed by atoms with Crippen LogP contribution in [0, 0.1) is 11.6 Å². The Kier molecular flexibility index (Phi) is 3.63. The molecule has 96 valence electrons. The summed E-state index contributed by atoms with van der Waals surface area (Å²) in [7, 11) is 0. The molecule has 2 N–H and O–H groups in total. The standard InChI is InChI=1S/C12H12ClF2N3/c1-2-18-11(3-4-17-18)12(16)7-5-10(15)8(13)6-9(7)14/h3-6,12H,2,16H2,1H3. The van der Waals surface area contributed by atoms with Crippen LogP contribution in [0.25, 0.3) is 0 Å². The number of rotatable bonds is 3. The summed E-state index contributed by atoms with van der Waals surface area (Å²) in [5.74, 6) is -1.32. The first kappa shape index (κ1) is 13.0. The maximum atomic E-state index is 13.7. The molecule has 3 nitrogen and oxygen atoms in total. The number of aryl methyl sites for hydroxylation is 1. The molecule has 1 unspecified atom stereocenters. The molecule has 0 saturated heterocycles. The number of hydrogen-bond acceptors (Lipinski definition) is 2. The smallest absolute Gasteiger partial charge is 0.142 e. The van der Waals surface area contributed by atoms with Gasteiger partial charge in [-0.2, -0.15) is 5.10 Å². The molecule has 0 spiro atoms. The normalized spacial score (nSPS) is 12.7. The van der Waals surface area contributed by atoms with Crippen LogP contribution in [0.5, 0.6) is 0 Å². The first-order chi connectivity index (χ1) is 8.54. The van der Waals surface area contributed by atoms with Crippen molar-refractivity contribution < 1.29 is 8.78 Å². The zero-order valence-corrected chi connectivity index (χ0v) is 10.5. The Morgan fingerprint density at radius 2 is 2.11 bits per heavy atom. The number of aromatic nitrogens is 2. The summed E-state index contributed by atoms with van der Waals surface area (Å²) >= 11 is 5.50. The Balaban J connectivity index is 2.46. The van der Waals surface area contributed by atoms with Crippen LogP contribution in [-0.2, 0) is 6.54 Å². The predicted octanol–water partition coefficient (Wildman–Crippen LogP) is 2.88. The van der Waals surface area contributed by atoms with E-state index in [-0.39, 0.29) is 10.6 Å². The van der Waals surface area contributed by atoms with Crippen molar-refractivity contribution in [2.24, 2.45) is 5.73 Å². The lowest BCUT2D eigenvalue weighted by Crippen LogP contribution is -2.18. The highest BCUT2D eigenvalue weighted by molar-refractivity contribution is 6.30. The lowest BCUT2D eigenvalue weighted by atomic mass is 10.0. The van der Waals surface area contributed by atoms with E-state index < -0.39 is 17.7 Å². The highest BCUT2D eigenvalue weighted by Crippen LogP contribution is 2.26. The molecule has 0 fully saturated rings. The molecule has 6 heteroatoms. The number of hydrogen-bond donors (Lipinski definition) is 1. The second-order valence-corrected chi connectivity index (χ2v) is 4.24. The van der Waals surface area contributed by atoms with E-state index in [0.29, 0.717) is 12.2 Å². The molecule has 1 aromatic carbocycles. The lowest BCUT2D eigenvalue weighted by Gasteiger charge is -2.15. The average Bonchev–Trinajstić information content (AvgIpc) is 2.81. The molecule has 0 aliphatic carbocycles. The summed E-state index contributed by atoms with van der Waals surface area (Å²) in [6, 6.07) is 2.85. The van der Waals surface area contributed by atoms with Crippen LogP contribution < -0.4 is 5.73 Å². The van der Waals surface area contributed by atoms with E-state index in [1.165, 1.54) is 0 Å². The summed E-state index contributed by atoms with van der Waals surface area (Å²) in [4.78, 5) is 0. The number of nitrogens with zero attached hydrogens (tertiary/aromatic N) is 2. The minimum atomic E-state index is -0.779. The van der Waals surface area contributed by atoms with Gasteiger partial charge in [0.15, 0.2) is 0 Å². The van der Waals surface area contributed by atoms with Gasteiger partial charge in [0.2, 0.25) is 0 Å². The second kappa shape index (κ2) is 5.04. The summed E-state index contributed by atoms with van der Waals surface area (Å²) in [5, 5.41) is 3.79. The minimum absolute atomic E-state index is 0.0621. The van der Waals surface area contributed by atoms with Gasteiger partial charge in [-0.1, -0.05) is 11.6 Å². The van der Waals surface area contributed by atoms with Gasteiger partial charge in [-0.05, 0) is 25.1 Å². The number of nitrogens with two attached hydrogens (primary N) is 1. The maximum absolute atomic E-state index is 13.7. The summed E-state index contributed by atoms with van der Waals surface area (Å²) < 4.78 is 28.8. The van der Waals surface area contributed by atoms with Crippen molar-refractivity contribution in [2.45, 2.75) is 19.5 Å². The van der Waals surface area contributed by atoms with Gasteiger partial charge in [0.05, 0.1) is 16.8 Å². The first-order valence-corrected chi connectivity index (χ1v) is 5.84. The molecule has 2 rings (SSSR count). The van der Waals surface area contributed by atoms with Crippen LogP contribution >= 0.6 is 11.6 Å². The van der Waals surface area contributed by atoms with Gasteiger partial charge >= 0.3 is 0 Å². The van der Waals surface area contributed by atoms with Gasteiger partial charge in [-0.3, -0.25) is 4.68 Å². The Hall–Kier alpha value is -1.46. The largest absolute Gasteiger partial charge is 0.319 e. The lowest BCUT2D eigenvalue weighted by molar-refractivity contribution is 0.556. The van der Waals surface area contributed by atoms with Gasteiger partial charge < -0.3 is 5.73 Å². The topological polar surface area (TPSA) is 43.8 Å². The predicted molar refractivity (Wildman–Crippen MR) is 65.3 cm³/mol. The number of halogens is 3. The van der Waals surface area contributed by atoms with Crippen molar-refractivity contribution in [1.82, 2.24) is 9.78 Å². The van der Waals surface area contributed by atoms with Crippen LogP contribution in [0.15, 0.2) is 24.4 Å². The molecule has 0 aliphatic rings. The van der Waals surface area contributed by atoms with Crippen molar-refractivity contribution in [2.75, 3.05) is 0 Å². The van der Waals surface area contributed by atoms with E-state index in [1.54, 1.807) is 16.9 Å². The zero-order valence-electron chi connectivity index (χ0n) is 9.70. The monoisotopic (exact) mass is 271 g/mol. The van der Waals surface area contributed by atoms with Crippen LogP contribution in [0.1, 0.15) is 24.2 Å². The average molecular weight is 272 g/mol. The maximum Gasteiger partial charge on any atom is 0.142 e. The van der Waals surface area contributed by atoms with Crippen molar-refractivity contribution in [1.29, 1.82) is 0 Å². The highest BCUT2D eigenvalue weighted by atomic mass is 35.5. The Morgan fingerprint density at radius 3 is 2.78 bits per heavy atom. The Labute approximate surface area is 108 Å². The third-order valence-corrected chi connectivity index (χ3v) is 3.03. The summed E-state index contributed by atoms with van der Waals surface area (Å²) in [6.45, 7) is 2.50. The molecule has 1 heterocycles. The fourth-order valence-electron chi connectivity index (χ4n) is 1.81. The molecule has 0 bridgehead atoms. The third-order valence-electron chi connectivity index (χ3n) is 2.74. The molecule has 1 atom stereocenters. The van der Waals surface area contributed by atoms with Gasteiger partial charge in [0.1, 0.15) is 11.6 Å². The third kappa shape index (κ3) is 2.23. The Morgan fingerprint density at radius 1 is 1.39 bits per heavy atom. The number of benzene rings is 1. The molecule has 18 heavy (non-hydrogen) atoms. The van der Waals surface area contributed by atoms with E-state index in [1.807, 2.05) is 6.92 Å². The van der Waals surface area contributed by atoms with Crippen LogP contribution in [0.2, 0.25) is 5.02 Å². The molecular weight excluding hydrogens is 260 g/mol. The van der Waals surface area contributed by atoms with Crippen molar-refractivity contribution in [3.05, 3.63) is 52.3 Å². The first-order valence-electron chi connectivity index (χ1n) is 5.46. The van der Waals surface area contributed by atoms with Gasteiger partial charge in [-0.25, -0.2) is 8.78 Å². The van der Waals surface area contributed by atoms with E-state index in [2.05, 4.69) is 5.10 Å². The molecule has 0 aliphatic heterocycles. The fraction of sp³-hybridized carbons (Fsp3) is 0.250. The minimum Gasteiger partial charge on any atom is -0.319 e. The summed E-state index contributed by atoms with van der Waals surface area (Å²) in [6.07, 6.45) is 1.57. The van der Waals surface area contributed by atoms with Crippen molar-refractivity contribution >= 4 is 11.6 Å². The molecule has 0 radical (unpaired) electrons. The van der Waals surface area contributed by atoms with Crippen LogP contribution in [0.4, 0.5) is 8.78 Å². The molecule has 2 aromatic rings. The Bertz CT molecular complexity index is 568. The summed E-state index contributed by atoms with van der Waals surface area (Å²) in [5.41, 5.74) is 6.63. The highest BCUT2D eigenvalue weighted by Gasteiger charge is 2.19. The fourth-order valence-corrected chi connectivity index (χ4v) is 1.96. The van der Waals surface area contributed by atoms with E-state index >= 15 is 0 Å². The quantitative estimate of drug-likeness (QED) is 0.873.